The van der Waals surface area contributed by atoms with Crippen molar-refractivity contribution in [1.82, 2.24) is 0 Å². The minimum absolute atomic E-state index is 0.0746. The Balaban J connectivity index is 1.03. The van der Waals surface area contributed by atoms with Gasteiger partial charge in [-0.1, -0.05) is 147 Å². The summed E-state index contributed by atoms with van der Waals surface area (Å²) < 4.78 is 0. The molecule has 0 aromatic heterocycles. The predicted octanol–water partition coefficient (Wildman–Crippen LogP) is 14.9. The Hall–Kier alpha value is -5.66. The van der Waals surface area contributed by atoms with Gasteiger partial charge in [-0.2, -0.15) is 0 Å². The van der Waals surface area contributed by atoms with Crippen LogP contribution in [0.4, 0.5) is 17.1 Å². The summed E-state index contributed by atoms with van der Waals surface area (Å²) in [6.07, 6.45) is 8.59. The monoisotopic (exact) mass is 723 g/mol. The number of hydrogen-bond donors (Lipinski definition) is 0. The highest BCUT2D eigenvalue weighted by atomic mass is 15.1. The standard InChI is InChI=1S/C55H49N/c1-54(2)51-19-10-9-16-49(51)50-29-28-46(33-52(50)54)56(45-26-22-43(23-27-45)55-34-37-30-38(35-55)32-39(31-37)36-55)44-24-20-42(21-25-44)53-47(40-12-5-3-6-13-40)17-11-18-48(53)41-14-7-4-8-15-41/h3-29,33,37-39H,30-32,34-36H2,1-2H3. The normalized spacial score (nSPS) is 22.4. The second kappa shape index (κ2) is 13.0. The SMILES string of the molecule is CC1(C)c2ccccc2-c2ccc(N(c3ccc(-c4c(-c5ccccc5)cccc4-c4ccccc4)cc3)c3ccc(C45CC6CC(CC(C6)C4)C5)cc3)cc21. The fourth-order valence-corrected chi connectivity index (χ4v) is 12.1. The van der Waals surface area contributed by atoms with E-state index < -0.39 is 0 Å². The van der Waals surface area contributed by atoms with Crippen LogP contribution in [0.2, 0.25) is 0 Å². The Labute approximate surface area is 332 Å². The lowest BCUT2D eigenvalue weighted by Gasteiger charge is -2.57. The largest absolute Gasteiger partial charge is 0.310 e. The average Bonchev–Trinajstić information content (AvgIpc) is 3.47. The Morgan fingerprint density at radius 3 is 1.48 bits per heavy atom. The van der Waals surface area contributed by atoms with E-state index in [1.165, 1.54) is 111 Å². The summed E-state index contributed by atoms with van der Waals surface area (Å²) in [6.45, 7) is 4.77. The smallest absolute Gasteiger partial charge is 0.0465 e. The lowest BCUT2D eigenvalue weighted by atomic mass is 9.48. The van der Waals surface area contributed by atoms with E-state index in [4.69, 9.17) is 0 Å². The van der Waals surface area contributed by atoms with Gasteiger partial charge in [0.2, 0.25) is 0 Å². The Morgan fingerprint density at radius 2 is 0.893 bits per heavy atom. The molecule has 0 atom stereocenters. The van der Waals surface area contributed by atoms with Gasteiger partial charge in [0, 0.05) is 22.5 Å². The summed E-state index contributed by atoms with van der Waals surface area (Å²) in [7, 11) is 0. The molecular weight excluding hydrogens is 675 g/mol. The second-order valence-electron chi connectivity index (χ2n) is 18.0. The zero-order valence-electron chi connectivity index (χ0n) is 32.6. The first kappa shape index (κ1) is 33.7. The van der Waals surface area contributed by atoms with E-state index in [0.29, 0.717) is 5.41 Å². The van der Waals surface area contributed by atoms with Crippen molar-refractivity contribution >= 4 is 17.1 Å². The molecule has 0 unspecified atom stereocenters. The van der Waals surface area contributed by atoms with Gasteiger partial charge >= 0.3 is 0 Å². The maximum Gasteiger partial charge on any atom is 0.0465 e. The van der Waals surface area contributed by atoms with Gasteiger partial charge in [-0.25, -0.2) is 0 Å². The third-order valence-electron chi connectivity index (χ3n) is 14.2. The highest BCUT2D eigenvalue weighted by Gasteiger charge is 2.51. The van der Waals surface area contributed by atoms with Crippen LogP contribution >= 0.6 is 0 Å². The molecule has 1 heteroatoms. The summed E-state index contributed by atoms with van der Waals surface area (Å²) in [5.41, 5.74) is 18.4. The summed E-state index contributed by atoms with van der Waals surface area (Å²) in [5.74, 6) is 2.80. The van der Waals surface area contributed by atoms with Crippen LogP contribution in [0.1, 0.15) is 69.1 Å². The van der Waals surface area contributed by atoms with Gasteiger partial charge in [-0.15, -0.1) is 0 Å². The van der Waals surface area contributed by atoms with Crippen LogP contribution in [0.15, 0.2) is 170 Å². The molecule has 7 aromatic carbocycles. The number of anilines is 3. The van der Waals surface area contributed by atoms with E-state index in [-0.39, 0.29) is 5.41 Å². The van der Waals surface area contributed by atoms with Crippen molar-refractivity contribution in [1.29, 1.82) is 0 Å². The molecule has 56 heavy (non-hydrogen) atoms. The van der Waals surface area contributed by atoms with Crippen molar-refractivity contribution in [3.05, 3.63) is 187 Å². The molecule has 5 aliphatic carbocycles. The van der Waals surface area contributed by atoms with Crippen molar-refractivity contribution in [3.63, 3.8) is 0 Å². The summed E-state index contributed by atoms with van der Waals surface area (Å²) >= 11 is 0. The van der Waals surface area contributed by atoms with Crippen LogP contribution < -0.4 is 4.90 Å². The summed E-state index contributed by atoms with van der Waals surface area (Å²) in [5, 5.41) is 0. The number of benzene rings is 7. The van der Waals surface area contributed by atoms with Crippen LogP contribution in [0.3, 0.4) is 0 Å². The third kappa shape index (κ3) is 5.42. The van der Waals surface area contributed by atoms with E-state index in [9.17, 15) is 0 Å². The molecule has 0 radical (unpaired) electrons. The first-order valence-corrected chi connectivity index (χ1v) is 20.9. The van der Waals surface area contributed by atoms with Gasteiger partial charge in [0.1, 0.15) is 0 Å². The molecule has 4 saturated carbocycles. The molecule has 0 aliphatic heterocycles. The van der Waals surface area contributed by atoms with Crippen LogP contribution in [0.25, 0.3) is 44.5 Å². The predicted molar refractivity (Wildman–Crippen MR) is 235 cm³/mol. The van der Waals surface area contributed by atoms with Gasteiger partial charge < -0.3 is 4.90 Å². The van der Waals surface area contributed by atoms with E-state index in [1.807, 2.05) is 0 Å². The first-order valence-electron chi connectivity index (χ1n) is 20.9. The van der Waals surface area contributed by atoms with E-state index >= 15 is 0 Å². The molecule has 4 bridgehead atoms. The summed E-state index contributed by atoms with van der Waals surface area (Å²) in [6, 6.07) is 63.8. The molecule has 0 spiro atoms. The molecule has 0 amide bonds. The maximum atomic E-state index is 2.50. The van der Waals surface area contributed by atoms with Crippen molar-refractivity contribution in [2.24, 2.45) is 17.8 Å². The maximum absolute atomic E-state index is 2.50. The lowest BCUT2D eigenvalue weighted by molar-refractivity contribution is -0.00518. The minimum Gasteiger partial charge on any atom is -0.310 e. The van der Waals surface area contributed by atoms with Crippen LogP contribution in [0.5, 0.6) is 0 Å². The van der Waals surface area contributed by atoms with Gasteiger partial charge in [-0.3, -0.25) is 0 Å². The average molecular weight is 724 g/mol. The fraction of sp³-hybridized carbons (Fsp3) is 0.236. The molecule has 12 rings (SSSR count). The zero-order valence-corrected chi connectivity index (χ0v) is 32.6. The molecule has 7 aromatic rings. The van der Waals surface area contributed by atoms with Crippen molar-refractivity contribution in [2.45, 2.75) is 63.2 Å². The van der Waals surface area contributed by atoms with E-state index in [1.54, 1.807) is 5.56 Å². The Bertz CT molecular complexity index is 2470. The highest BCUT2D eigenvalue weighted by molar-refractivity contribution is 5.95. The summed E-state index contributed by atoms with van der Waals surface area (Å²) in [4.78, 5) is 2.49. The van der Waals surface area contributed by atoms with Gasteiger partial charge in [0.05, 0.1) is 0 Å². The van der Waals surface area contributed by atoms with Crippen molar-refractivity contribution < 1.29 is 0 Å². The van der Waals surface area contributed by atoms with E-state index in [0.717, 1.165) is 17.8 Å². The third-order valence-corrected chi connectivity index (χ3v) is 14.2. The van der Waals surface area contributed by atoms with Gasteiger partial charge in [0.15, 0.2) is 0 Å². The molecule has 5 aliphatic rings. The molecule has 0 heterocycles. The fourth-order valence-electron chi connectivity index (χ4n) is 12.1. The number of rotatable bonds is 7. The van der Waals surface area contributed by atoms with Crippen LogP contribution in [-0.2, 0) is 10.8 Å². The first-order chi connectivity index (χ1) is 27.4. The molecule has 4 fully saturated rings. The number of nitrogens with zero attached hydrogens (tertiary/aromatic N) is 1. The number of fused-ring (bicyclic) bond motifs is 3. The van der Waals surface area contributed by atoms with Crippen molar-refractivity contribution in [3.8, 4) is 44.5 Å². The Morgan fingerprint density at radius 1 is 0.411 bits per heavy atom. The van der Waals surface area contributed by atoms with Gasteiger partial charge in [0.25, 0.3) is 0 Å². The molecule has 0 N–H and O–H groups in total. The minimum atomic E-state index is -0.0746. The topological polar surface area (TPSA) is 3.24 Å². The second-order valence-corrected chi connectivity index (χ2v) is 18.0. The molecule has 1 nitrogen and oxygen atoms in total. The van der Waals surface area contributed by atoms with Crippen LogP contribution in [-0.4, -0.2) is 0 Å². The number of hydrogen-bond acceptors (Lipinski definition) is 1. The van der Waals surface area contributed by atoms with E-state index in [2.05, 4.69) is 189 Å². The zero-order chi connectivity index (χ0) is 37.4. The molecule has 0 saturated heterocycles. The molecular formula is C55H49N. The lowest BCUT2D eigenvalue weighted by Crippen LogP contribution is -2.48. The quantitative estimate of drug-likeness (QED) is 0.158. The highest BCUT2D eigenvalue weighted by Crippen LogP contribution is 2.61. The van der Waals surface area contributed by atoms with Crippen LogP contribution in [0, 0.1) is 17.8 Å². The van der Waals surface area contributed by atoms with Gasteiger partial charge in [-0.05, 0) is 159 Å². The van der Waals surface area contributed by atoms with Crippen molar-refractivity contribution in [2.75, 3.05) is 4.90 Å². The molecule has 274 valence electrons. The Kier molecular flexibility index (Phi) is 7.79.